The van der Waals surface area contributed by atoms with Crippen LogP contribution in [0.15, 0.2) is 18.2 Å². The minimum Gasteiger partial charge on any atom is -0.493 e. The van der Waals surface area contributed by atoms with Crippen LogP contribution in [0.4, 0.5) is 4.39 Å². The number of hydrogen-bond acceptors (Lipinski definition) is 8. The summed E-state index contributed by atoms with van der Waals surface area (Å²) in [6.07, 6.45) is 0.429. The van der Waals surface area contributed by atoms with Crippen LogP contribution in [0.5, 0.6) is 23.0 Å². The molecular formula is C31H38FN3O7. The summed E-state index contributed by atoms with van der Waals surface area (Å²) in [6.45, 7) is 7.66. The number of ketones is 1. The maximum atomic E-state index is 15.2. The zero-order chi connectivity index (χ0) is 31.2. The lowest BCUT2D eigenvalue weighted by Crippen LogP contribution is -2.31. The van der Waals surface area contributed by atoms with E-state index in [0.717, 1.165) is 0 Å². The van der Waals surface area contributed by atoms with Crippen LogP contribution >= 0.6 is 0 Å². The number of nitriles is 1. The molecule has 1 heterocycles. The normalized spacial score (nSPS) is 13.3. The smallest absolute Gasteiger partial charge is 0.344 e. The van der Waals surface area contributed by atoms with Gasteiger partial charge in [-0.1, -0.05) is 34.1 Å². The van der Waals surface area contributed by atoms with E-state index in [0.29, 0.717) is 24.0 Å². The van der Waals surface area contributed by atoms with Gasteiger partial charge in [0.05, 0.1) is 39.0 Å². The van der Waals surface area contributed by atoms with Crippen LogP contribution < -0.4 is 18.9 Å². The molecule has 3 rings (SSSR count). The Morgan fingerprint density at radius 2 is 1.88 bits per heavy atom. The third-order valence-electron chi connectivity index (χ3n) is 6.90. The van der Waals surface area contributed by atoms with Gasteiger partial charge in [0.2, 0.25) is 0 Å². The second kappa shape index (κ2) is 13.6. The van der Waals surface area contributed by atoms with E-state index in [4.69, 9.17) is 29.6 Å². The number of carboxylic acid groups (broad SMARTS) is 1. The van der Waals surface area contributed by atoms with Crippen molar-refractivity contribution in [2.75, 3.05) is 27.4 Å². The Morgan fingerprint density at radius 3 is 2.45 bits per heavy atom. The van der Waals surface area contributed by atoms with Crippen LogP contribution in [-0.4, -0.2) is 61.1 Å². The van der Waals surface area contributed by atoms with Crippen LogP contribution in [0.2, 0.25) is 0 Å². The summed E-state index contributed by atoms with van der Waals surface area (Å²) in [5.41, 5.74) is 0.824. The Bertz CT molecular complexity index is 1390. The van der Waals surface area contributed by atoms with Crippen LogP contribution in [0.3, 0.4) is 0 Å². The number of carbonyl (C=O) groups excluding carboxylic acids is 1. The van der Waals surface area contributed by atoms with Gasteiger partial charge in [0, 0.05) is 24.1 Å². The molecule has 2 aromatic carbocycles. The van der Waals surface area contributed by atoms with Gasteiger partial charge in [-0.2, -0.15) is 5.26 Å². The number of methoxy groups -OCH3 is 2. The number of carbonyl (C=O) groups is 2. The topological polar surface area (TPSA) is 142 Å². The fraction of sp³-hybridized carbons (Fsp3) is 0.484. The molecule has 1 unspecified atom stereocenters. The number of ether oxygens (including phenoxy) is 4. The Kier molecular flexibility index (Phi) is 10.4. The number of nitrogens with one attached hydrogen (secondary N) is 1. The van der Waals surface area contributed by atoms with Crippen molar-refractivity contribution in [2.45, 2.75) is 71.4 Å². The van der Waals surface area contributed by atoms with Crippen molar-refractivity contribution in [3.8, 4) is 29.1 Å². The molecule has 1 aliphatic rings. The highest BCUT2D eigenvalue weighted by atomic mass is 19.1. The summed E-state index contributed by atoms with van der Waals surface area (Å²) in [5, 5.41) is 27.3. The van der Waals surface area contributed by atoms with Crippen molar-refractivity contribution in [2.24, 2.45) is 0 Å². The van der Waals surface area contributed by atoms with Gasteiger partial charge in [-0.3, -0.25) is 10.2 Å². The fourth-order valence-corrected chi connectivity index (χ4v) is 4.74. The molecule has 2 aromatic rings. The predicted molar refractivity (Wildman–Crippen MR) is 154 cm³/mol. The highest BCUT2D eigenvalue weighted by Crippen LogP contribution is 2.42. The molecule has 0 saturated carbocycles. The SMILES string of the molecule is CCCC(Oc1c(OCCCC#N)cc(C(=O)CN2Cc3cc(OC)c(OC)c(F)c3C2=N)cc1C(C)(C)C)C(=O)O. The van der Waals surface area contributed by atoms with E-state index in [-0.39, 0.29) is 78.3 Å². The number of carboxylic acids is 1. The standard InChI is InChI=1S/C31H38FN3O7/c1-7-10-22(30(37)38)42-27-20(31(2,3)4)13-18(14-24(27)41-12-9-8-11-33)21(36)17-35-16-19-15-23(39-5)28(40-6)26(32)25(19)29(35)34/h13-15,22,34H,7-10,12,16-17H2,1-6H3,(H,37,38). The van der Waals surface area contributed by atoms with Gasteiger partial charge < -0.3 is 29.0 Å². The summed E-state index contributed by atoms with van der Waals surface area (Å²) >= 11 is 0. The summed E-state index contributed by atoms with van der Waals surface area (Å²) in [5.74, 6) is -1.82. The molecule has 0 aromatic heterocycles. The maximum Gasteiger partial charge on any atom is 0.344 e. The lowest BCUT2D eigenvalue weighted by Gasteiger charge is -2.28. The van der Waals surface area contributed by atoms with Gasteiger partial charge >= 0.3 is 5.97 Å². The van der Waals surface area contributed by atoms with E-state index in [2.05, 4.69) is 6.07 Å². The molecule has 42 heavy (non-hydrogen) atoms. The second-order valence-electron chi connectivity index (χ2n) is 11.0. The van der Waals surface area contributed by atoms with E-state index >= 15 is 4.39 Å². The van der Waals surface area contributed by atoms with E-state index < -0.39 is 23.3 Å². The molecule has 0 radical (unpaired) electrons. The van der Waals surface area contributed by atoms with Crippen molar-refractivity contribution >= 4 is 17.6 Å². The summed E-state index contributed by atoms with van der Waals surface area (Å²) in [4.78, 5) is 27.1. The number of amidine groups is 1. The van der Waals surface area contributed by atoms with Gasteiger partial charge in [0.25, 0.3) is 0 Å². The van der Waals surface area contributed by atoms with Gasteiger partial charge in [0.15, 0.2) is 40.7 Å². The lowest BCUT2D eigenvalue weighted by molar-refractivity contribution is -0.145. The largest absolute Gasteiger partial charge is 0.493 e. The lowest BCUT2D eigenvalue weighted by atomic mass is 9.84. The number of nitrogens with zero attached hydrogens (tertiary/aromatic N) is 2. The summed E-state index contributed by atoms with van der Waals surface area (Å²) in [6, 6.07) is 6.82. The second-order valence-corrected chi connectivity index (χ2v) is 11.0. The van der Waals surface area contributed by atoms with Crippen LogP contribution in [0.25, 0.3) is 0 Å². The number of rotatable bonds is 14. The van der Waals surface area contributed by atoms with Crippen molar-refractivity contribution in [1.82, 2.24) is 4.90 Å². The first-order valence-electron chi connectivity index (χ1n) is 13.8. The number of halogens is 1. The third kappa shape index (κ3) is 6.93. The first-order valence-corrected chi connectivity index (χ1v) is 13.8. The predicted octanol–water partition coefficient (Wildman–Crippen LogP) is 5.48. The molecule has 0 bridgehead atoms. The third-order valence-corrected chi connectivity index (χ3v) is 6.90. The molecule has 2 N–H and O–H groups in total. The van der Waals surface area contributed by atoms with Gasteiger partial charge in [-0.25, -0.2) is 9.18 Å². The Morgan fingerprint density at radius 1 is 1.17 bits per heavy atom. The monoisotopic (exact) mass is 583 g/mol. The van der Waals surface area contributed by atoms with Crippen molar-refractivity contribution < 1.29 is 38.0 Å². The maximum absolute atomic E-state index is 15.2. The zero-order valence-corrected chi connectivity index (χ0v) is 24.9. The first kappa shape index (κ1) is 32.2. The van der Waals surface area contributed by atoms with Gasteiger partial charge in [-0.15, -0.1) is 0 Å². The fourth-order valence-electron chi connectivity index (χ4n) is 4.74. The minimum atomic E-state index is -1.12. The molecule has 11 heteroatoms. The zero-order valence-electron chi connectivity index (χ0n) is 24.9. The highest BCUT2D eigenvalue weighted by molar-refractivity contribution is 6.06. The number of hydrogen-bond donors (Lipinski definition) is 2. The van der Waals surface area contributed by atoms with Crippen molar-refractivity contribution in [3.05, 3.63) is 46.3 Å². The molecule has 226 valence electrons. The molecule has 1 aliphatic heterocycles. The highest BCUT2D eigenvalue weighted by Gasteiger charge is 2.34. The van der Waals surface area contributed by atoms with Crippen LogP contribution in [0, 0.1) is 22.6 Å². The molecule has 0 aliphatic carbocycles. The Balaban J connectivity index is 2.01. The van der Waals surface area contributed by atoms with Crippen LogP contribution in [0.1, 0.15) is 80.4 Å². The molecule has 0 saturated heterocycles. The van der Waals surface area contributed by atoms with E-state index in [1.807, 2.05) is 27.7 Å². The van der Waals surface area contributed by atoms with Crippen molar-refractivity contribution in [3.63, 3.8) is 0 Å². The van der Waals surface area contributed by atoms with E-state index in [1.54, 1.807) is 12.1 Å². The van der Waals surface area contributed by atoms with Crippen molar-refractivity contribution in [1.29, 1.82) is 10.7 Å². The number of benzene rings is 2. The number of fused-ring (bicyclic) bond motifs is 1. The average Bonchev–Trinajstić information content (AvgIpc) is 3.24. The quantitative estimate of drug-likeness (QED) is 0.218. The average molecular weight is 584 g/mol. The molecule has 0 spiro atoms. The number of aliphatic carboxylic acids is 1. The van der Waals surface area contributed by atoms with Crippen LogP contribution in [-0.2, 0) is 16.8 Å². The van der Waals surface area contributed by atoms with E-state index in [9.17, 15) is 14.7 Å². The van der Waals surface area contributed by atoms with Gasteiger partial charge in [0.1, 0.15) is 5.84 Å². The van der Waals surface area contributed by atoms with E-state index in [1.165, 1.54) is 25.2 Å². The Labute approximate surface area is 245 Å². The Hall–Kier alpha value is -4.33. The summed E-state index contributed by atoms with van der Waals surface area (Å²) in [7, 11) is 2.71. The number of unbranched alkanes of at least 4 members (excludes halogenated alkanes) is 1. The first-order chi connectivity index (χ1) is 19.9. The minimum absolute atomic E-state index is 0.0525. The molecular weight excluding hydrogens is 545 g/mol. The summed E-state index contributed by atoms with van der Waals surface area (Å²) < 4.78 is 37.6. The molecule has 1 atom stereocenters. The van der Waals surface area contributed by atoms with Gasteiger partial charge in [-0.05, 0) is 42.0 Å². The molecule has 0 amide bonds. The molecule has 10 nitrogen and oxygen atoms in total. The number of Topliss-reactive ketones (excluding diaryl/α,β-unsaturated/α-hetero) is 1. The molecule has 0 fully saturated rings.